The maximum Gasteiger partial charge on any atom is 0.297 e. The van der Waals surface area contributed by atoms with E-state index in [1.807, 2.05) is 0 Å². The highest BCUT2D eigenvalue weighted by molar-refractivity contribution is 7.87. The van der Waals surface area contributed by atoms with Crippen LogP contribution < -0.4 is 15.2 Å². The summed E-state index contributed by atoms with van der Waals surface area (Å²) in [4.78, 5) is 2.97. The summed E-state index contributed by atoms with van der Waals surface area (Å²) >= 11 is 0. The van der Waals surface area contributed by atoms with E-state index in [9.17, 15) is 134 Å². The molecule has 9 aromatic carbocycles. The van der Waals surface area contributed by atoms with Gasteiger partial charge < -0.3 is 30.5 Å². The molecule has 0 fully saturated rings. The van der Waals surface area contributed by atoms with E-state index in [1.165, 1.54) is 19.9 Å². The number of phenols is 3. The van der Waals surface area contributed by atoms with Gasteiger partial charge in [-0.25, -0.2) is 0 Å². The molecule has 0 bridgehead atoms. The van der Waals surface area contributed by atoms with Crippen molar-refractivity contribution in [2.45, 2.75) is 56.1 Å². The fraction of sp³-hybridized carbons (Fsp3) is 0.140. The number of nitro benzene ring substituents is 1. The molecule has 0 unspecified atom stereocenters. The van der Waals surface area contributed by atoms with Gasteiger partial charge in [0.25, 0.3) is 86.6 Å². The summed E-state index contributed by atoms with van der Waals surface area (Å²) in [6.07, 6.45) is -0.779. The lowest BCUT2D eigenvalue weighted by Crippen LogP contribution is -2.08. The van der Waals surface area contributed by atoms with Crippen LogP contribution in [0.1, 0.15) is 29.5 Å². The lowest BCUT2D eigenvalue weighted by Gasteiger charge is -2.15. The highest BCUT2D eigenvalue weighted by atomic mass is 32.2. The van der Waals surface area contributed by atoms with Crippen molar-refractivity contribution in [1.82, 2.24) is 0 Å². The summed E-state index contributed by atoms with van der Waals surface area (Å²) in [6, 6.07) is 14.0. The number of aromatic hydroxyl groups is 3. The van der Waals surface area contributed by atoms with Gasteiger partial charge in [0.05, 0.1) is 78.5 Å². The minimum atomic E-state index is -5.80. The van der Waals surface area contributed by atoms with E-state index in [0.717, 1.165) is 60.7 Å². The number of nitro groups is 1. The molecule has 0 amide bonds. The number of nitriles is 1. The van der Waals surface area contributed by atoms with Crippen molar-refractivity contribution < 1.29 is 133 Å². The number of azo groups is 5. The highest BCUT2D eigenvalue weighted by Crippen LogP contribution is 2.51. The van der Waals surface area contributed by atoms with E-state index in [2.05, 4.69) is 51.1 Å². The third-order valence-electron chi connectivity index (χ3n) is 14.9. The number of nitrogen functional groups attached to an aromatic ring is 1. The quantitative estimate of drug-likeness (QED) is 0.00568. The molecule has 0 aliphatic carbocycles. The molecule has 0 saturated carbocycles. The zero-order chi connectivity index (χ0) is 80.8. The summed E-state index contributed by atoms with van der Waals surface area (Å²) in [5.74, 6) is -6.03. The highest BCUT2D eigenvalue weighted by Gasteiger charge is 2.32. The molecule has 9 rings (SSSR count). The Labute approximate surface area is 612 Å². The van der Waals surface area contributed by atoms with Crippen molar-refractivity contribution in [2.75, 3.05) is 30.5 Å². The topological polar surface area (TPSA) is 731 Å². The van der Waals surface area contributed by atoms with Gasteiger partial charge in [-0.3, -0.25) is 46.5 Å². The molecule has 0 saturated heterocycles. The molecule has 0 heterocycles. The second-order valence-electron chi connectivity index (χ2n) is 22.5. The van der Waals surface area contributed by atoms with Crippen molar-refractivity contribution in [3.05, 3.63) is 124 Å². The molecule has 0 aromatic heterocycles. The molecule has 52 heteroatoms. The number of benzene rings is 9. The van der Waals surface area contributed by atoms with Crippen molar-refractivity contribution in [1.29, 1.82) is 5.26 Å². The van der Waals surface area contributed by atoms with Gasteiger partial charge in [0.15, 0.2) is 11.5 Å². The molecule has 109 heavy (non-hydrogen) atoms. The molecule has 0 aliphatic rings. The Morgan fingerprint density at radius 2 is 0.881 bits per heavy atom. The fourth-order valence-corrected chi connectivity index (χ4v) is 14.9. The molecule has 0 atom stereocenters. The van der Waals surface area contributed by atoms with Crippen molar-refractivity contribution in [3.63, 3.8) is 0 Å². The lowest BCUT2D eigenvalue weighted by molar-refractivity contribution is -0.384. The summed E-state index contributed by atoms with van der Waals surface area (Å²) in [6.45, 7) is 1.75. The van der Waals surface area contributed by atoms with Gasteiger partial charge in [-0.15, -0.1) is 40.9 Å². The standard InChI is InChI=1S/C57H47N13O31S8/c1-26-13-40(45(100-9-3-11-102(76,77)78)23-39(26)63-66-42-18-31(104(82,83)84)16-28-17-32(105(85,86)87)19-44(71)50(28)42)64-62-38-22-46(101-10-4-12-103(79,80)81)41(14-27(38)2)65-68-53-48(107(91,92)93)20-34-33(55(53)72)6-8-37(57(34)109(97,98)99)61-67-43-24-47(106(88,89)90)35-21-49(108(94,95)96)54(56(73)51(35)52(43)59)69-60-36-7-5-30(70(74)75)15-29(36)25-58/h5-8,13-24,71-73H,3-4,9-12,59H2,1-2H3,(H,76,77,78)(H,79,80,81)(H,82,83,84)(H,85,86,87)(H,88,89,90)(H,91,92,93)(H,94,95,96)(H,97,98,99)/b64-62-,66-63-,67-61?,68-65-,69-60-. The second kappa shape index (κ2) is 30.4. The SMILES string of the molecule is Cc1cc(/N=N\c2c(S(=O)(=O)O)cc3c(S(=O)(=O)O)c(N=Nc4cc(S(=O)(=O)O)c5cc(S(=O)(=O)O)c(/N=N\c6ccc([N+](=O)[O-])cc6C#N)c(O)c5c4N)ccc3c2O)c(OCCCS(=O)(=O)O)cc1/N=N\c1cc(C)c(/N=N\c2cc(S(=O)(=O)O)cc3cc(S(=O)(=O)O)cc(O)c23)cc1OCCCS(=O)(=O)O. The third kappa shape index (κ3) is 19.0. The number of phenolic OH excluding ortho intramolecular Hbond substituents is 3. The molecule has 13 N–H and O–H groups in total. The average Bonchev–Trinajstić information content (AvgIpc) is 0.743. The molecular formula is C57H47N13O31S8. The van der Waals surface area contributed by atoms with Crippen LogP contribution in [0.2, 0.25) is 0 Å². The van der Waals surface area contributed by atoms with Crippen molar-refractivity contribution in [3.8, 4) is 34.8 Å². The van der Waals surface area contributed by atoms with E-state index in [4.69, 9.17) is 15.2 Å². The number of hydrogen-bond acceptors (Lipinski definition) is 35. The number of rotatable bonds is 27. The Hall–Kier alpha value is -11.3. The Kier molecular flexibility index (Phi) is 22.8. The molecule has 574 valence electrons. The first-order valence-corrected chi connectivity index (χ1v) is 41.0. The van der Waals surface area contributed by atoms with Crippen LogP contribution in [-0.4, -0.2) is 149 Å². The number of nitrogens with zero attached hydrogens (tertiary/aromatic N) is 12. The van der Waals surface area contributed by atoms with E-state index < -0.39 is 248 Å². The van der Waals surface area contributed by atoms with Crippen LogP contribution in [0, 0.1) is 35.3 Å². The Morgan fingerprint density at radius 1 is 0.440 bits per heavy atom. The zero-order valence-electron chi connectivity index (χ0n) is 54.3. The largest absolute Gasteiger partial charge is 0.507 e. The van der Waals surface area contributed by atoms with Crippen LogP contribution in [0.4, 0.5) is 68.2 Å². The van der Waals surface area contributed by atoms with E-state index in [-0.39, 0.29) is 51.1 Å². The predicted molar refractivity (Wildman–Crippen MR) is 374 cm³/mol. The van der Waals surface area contributed by atoms with Gasteiger partial charge in [0.1, 0.15) is 82.7 Å². The average molecular weight is 1670 g/mol. The normalized spacial score (nSPS) is 13.1. The Morgan fingerprint density at radius 3 is 1.36 bits per heavy atom. The minimum absolute atomic E-state index is 0.0657. The number of aryl methyl sites for hydroxylation is 2. The van der Waals surface area contributed by atoms with Crippen molar-refractivity contribution in [2.24, 2.45) is 51.1 Å². The summed E-state index contributed by atoms with van der Waals surface area (Å²) in [5.41, 5.74) is -1.90. The van der Waals surface area contributed by atoms with Crippen LogP contribution in [0.15, 0.2) is 178 Å². The fourth-order valence-electron chi connectivity index (χ4n) is 10.0. The maximum absolute atomic E-state index is 13.4. The van der Waals surface area contributed by atoms with Crippen LogP contribution in [0.5, 0.6) is 28.7 Å². The number of anilines is 1. The molecule has 0 spiro atoms. The Bertz CT molecular complexity index is 6610. The van der Waals surface area contributed by atoms with Crippen LogP contribution >= 0.6 is 0 Å². The number of ether oxygens (including phenoxy) is 2. The Balaban J connectivity index is 1.13. The molecular weight excluding hydrogens is 1620 g/mol. The first kappa shape index (κ1) is 81.8. The van der Waals surface area contributed by atoms with Crippen LogP contribution in [0.3, 0.4) is 0 Å². The summed E-state index contributed by atoms with van der Waals surface area (Å²) in [7, 11) is -42.0. The molecule has 44 nitrogen and oxygen atoms in total. The monoisotopic (exact) mass is 1670 g/mol. The van der Waals surface area contributed by atoms with E-state index in [0.29, 0.717) is 30.3 Å². The minimum Gasteiger partial charge on any atom is -0.507 e. The van der Waals surface area contributed by atoms with Gasteiger partial charge in [-0.1, -0.05) is 0 Å². The number of hydrogen-bond donors (Lipinski definition) is 12. The van der Waals surface area contributed by atoms with Gasteiger partial charge in [0, 0.05) is 46.5 Å². The number of nitrogens with two attached hydrogens (primary N) is 1. The van der Waals surface area contributed by atoms with Gasteiger partial charge >= 0.3 is 0 Å². The first-order valence-electron chi connectivity index (χ1n) is 29.2. The predicted octanol–water partition coefficient (Wildman–Crippen LogP) is 11.1. The van der Waals surface area contributed by atoms with Crippen LogP contribution in [-0.2, 0) is 80.9 Å². The summed E-state index contributed by atoms with van der Waals surface area (Å²) < 4.78 is 291. The third-order valence-corrected chi connectivity index (χ3v) is 21.8. The zero-order valence-corrected chi connectivity index (χ0v) is 60.8. The van der Waals surface area contributed by atoms with E-state index >= 15 is 0 Å². The van der Waals surface area contributed by atoms with Gasteiger partial charge in [-0.05, 0) is 110 Å². The van der Waals surface area contributed by atoms with Crippen molar-refractivity contribution >= 4 is 182 Å². The second-order valence-corrected chi connectivity index (χ2v) is 34.0. The summed E-state index contributed by atoms with van der Waals surface area (Å²) in [5, 5.41) is 89.8. The molecule has 9 aromatic rings. The number of fused-ring (bicyclic) bond motifs is 3. The number of non-ortho nitro benzene ring substituents is 1. The molecule has 0 aliphatic heterocycles. The van der Waals surface area contributed by atoms with E-state index in [1.54, 1.807) is 6.07 Å². The van der Waals surface area contributed by atoms with Gasteiger partial charge in [-0.2, -0.15) is 82.8 Å². The maximum atomic E-state index is 13.4. The molecule has 0 radical (unpaired) electrons. The first-order chi connectivity index (χ1) is 50.3. The van der Waals surface area contributed by atoms with Gasteiger partial charge in [0.2, 0.25) is 0 Å². The smallest absolute Gasteiger partial charge is 0.297 e. The lowest BCUT2D eigenvalue weighted by atomic mass is 10.0. The van der Waals surface area contributed by atoms with Crippen LogP contribution in [0.25, 0.3) is 32.3 Å².